The lowest BCUT2D eigenvalue weighted by Crippen LogP contribution is -2.22. The minimum absolute atomic E-state index is 0.301. The summed E-state index contributed by atoms with van der Waals surface area (Å²) in [7, 11) is 3.18. The summed E-state index contributed by atoms with van der Waals surface area (Å²) in [6.45, 7) is 4.37. The number of aryl methyl sites for hydroxylation is 2. The van der Waals surface area contributed by atoms with Crippen molar-refractivity contribution in [1.29, 1.82) is 0 Å². The maximum atomic E-state index is 5.99. The summed E-state index contributed by atoms with van der Waals surface area (Å²) in [5.41, 5.74) is 9.70. The first-order valence-electron chi connectivity index (χ1n) is 8.77. The van der Waals surface area contributed by atoms with E-state index >= 15 is 0 Å². The van der Waals surface area contributed by atoms with Crippen molar-refractivity contribution >= 4 is 11.6 Å². The van der Waals surface area contributed by atoms with Crippen molar-refractivity contribution < 1.29 is 9.47 Å². The molecule has 0 atom stereocenters. The Kier molecular flexibility index (Phi) is 5.78. The standard InChI is InChI=1S/C20H24N6O2/c1-13-9-14(2)26(25-13)19-8-5-15(11-22-19)12-23-20(21)24-16-6-7-17(27-3)18(10-16)28-4/h5-11H,12H2,1-4H3,(H3,21,23,24). The van der Waals surface area contributed by atoms with E-state index in [0.29, 0.717) is 24.0 Å². The molecule has 0 fully saturated rings. The molecule has 0 saturated carbocycles. The third-order valence-electron chi connectivity index (χ3n) is 4.12. The first-order chi connectivity index (χ1) is 13.5. The van der Waals surface area contributed by atoms with Crippen molar-refractivity contribution in [1.82, 2.24) is 14.8 Å². The number of pyridine rings is 1. The highest BCUT2D eigenvalue weighted by atomic mass is 16.5. The molecule has 0 aliphatic carbocycles. The number of aliphatic imine (C=N–C) groups is 1. The molecule has 0 aliphatic rings. The Morgan fingerprint density at radius 2 is 1.89 bits per heavy atom. The number of ether oxygens (including phenoxy) is 2. The lowest BCUT2D eigenvalue weighted by atomic mass is 10.2. The topological polar surface area (TPSA) is 99.6 Å². The van der Waals surface area contributed by atoms with E-state index in [9.17, 15) is 0 Å². The number of nitrogens with zero attached hydrogens (tertiary/aromatic N) is 4. The Morgan fingerprint density at radius 1 is 1.11 bits per heavy atom. The van der Waals surface area contributed by atoms with Gasteiger partial charge in [0.2, 0.25) is 0 Å². The van der Waals surface area contributed by atoms with Crippen LogP contribution in [0.3, 0.4) is 0 Å². The van der Waals surface area contributed by atoms with Gasteiger partial charge in [0.05, 0.1) is 26.5 Å². The van der Waals surface area contributed by atoms with Crippen LogP contribution in [0.4, 0.5) is 5.69 Å². The van der Waals surface area contributed by atoms with Crippen LogP contribution in [0, 0.1) is 13.8 Å². The predicted molar refractivity (Wildman–Crippen MR) is 109 cm³/mol. The fraction of sp³-hybridized carbons (Fsp3) is 0.250. The summed E-state index contributed by atoms with van der Waals surface area (Å²) in [6, 6.07) is 11.3. The molecular formula is C20H24N6O2. The molecule has 3 rings (SSSR count). The van der Waals surface area contributed by atoms with E-state index < -0.39 is 0 Å². The Hall–Kier alpha value is -3.55. The Bertz CT molecular complexity index is 979. The first kappa shape index (κ1) is 19.2. The van der Waals surface area contributed by atoms with E-state index in [0.717, 1.165) is 28.5 Å². The number of benzene rings is 1. The van der Waals surface area contributed by atoms with E-state index in [-0.39, 0.29) is 0 Å². The van der Waals surface area contributed by atoms with Crippen molar-refractivity contribution in [3.63, 3.8) is 0 Å². The molecule has 146 valence electrons. The largest absolute Gasteiger partial charge is 0.493 e. The van der Waals surface area contributed by atoms with Crippen molar-refractivity contribution in [2.24, 2.45) is 10.7 Å². The van der Waals surface area contributed by atoms with E-state index in [1.807, 2.05) is 42.8 Å². The smallest absolute Gasteiger partial charge is 0.193 e. The van der Waals surface area contributed by atoms with Crippen LogP contribution < -0.4 is 20.5 Å². The summed E-state index contributed by atoms with van der Waals surface area (Å²) in [6.07, 6.45) is 1.78. The van der Waals surface area contributed by atoms with Crippen LogP contribution in [0.1, 0.15) is 17.0 Å². The molecule has 0 aliphatic heterocycles. The average Bonchev–Trinajstić information content (AvgIpc) is 3.04. The van der Waals surface area contributed by atoms with Gasteiger partial charge < -0.3 is 20.5 Å². The fourth-order valence-electron chi connectivity index (χ4n) is 2.77. The number of aromatic nitrogens is 3. The minimum atomic E-state index is 0.301. The number of guanidine groups is 1. The van der Waals surface area contributed by atoms with Gasteiger partial charge in [-0.3, -0.25) is 0 Å². The van der Waals surface area contributed by atoms with E-state index in [4.69, 9.17) is 15.2 Å². The van der Waals surface area contributed by atoms with Gasteiger partial charge in [-0.2, -0.15) is 5.10 Å². The van der Waals surface area contributed by atoms with Gasteiger partial charge in [0, 0.05) is 23.6 Å². The summed E-state index contributed by atoms with van der Waals surface area (Å²) >= 11 is 0. The number of anilines is 1. The average molecular weight is 380 g/mol. The molecule has 0 amide bonds. The van der Waals surface area contributed by atoms with Crippen LogP contribution >= 0.6 is 0 Å². The van der Waals surface area contributed by atoms with Crippen molar-refractivity contribution in [2.75, 3.05) is 19.5 Å². The quantitative estimate of drug-likeness (QED) is 0.504. The van der Waals surface area contributed by atoms with E-state index in [1.165, 1.54) is 0 Å². The van der Waals surface area contributed by atoms with Crippen LogP contribution in [0.2, 0.25) is 0 Å². The van der Waals surface area contributed by atoms with Crippen LogP contribution in [-0.4, -0.2) is 34.9 Å². The second kappa shape index (κ2) is 8.43. The van der Waals surface area contributed by atoms with Gasteiger partial charge in [-0.1, -0.05) is 6.07 Å². The Morgan fingerprint density at radius 3 is 2.50 bits per heavy atom. The molecule has 8 nitrogen and oxygen atoms in total. The Labute approximate surface area is 164 Å². The maximum Gasteiger partial charge on any atom is 0.193 e. The summed E-state index contributed by atoms with van der Waals surface area (Å²) in [5.74, 6) is 2.34. The normalized spacial score (nSPS) is 11.4. The zero-order chi connectivity index (χ0) is 20.1. The van der Waals surface area contributed by atoms with Crippen LogP contribution in [0.25, 0.3) is 5.82 Å². The van der Waals surface area contributed by atoms with Crippen LogP contribution in [0.5, 0.6) is 11.5 Å². The lowest BCUT2D eigenvalue weighted by molar-refractivity contribution is 0.355. The highest BCUT2D eigenvalue weighted by molar-refractivity contribution is 5.92. The number of hydrogen-bond donors (Lipinski definition) is 2. The second-order valence-electron chi connectivity index (χ2n) is 6.26. The molecule has 1 aromatic carbocycles. The third-order valence-corrected chi connectivity index (χ3v) is 4.12. The Balaban J connectivity index is 1.65. The van der Waals surface area contributed by atoms with Gasteiger partial charge in [0.15, 0.2) is 23.3 Å². The van der Waals surface area contributed by atoms with Gasteiger partial charge in [0.25, 0.3) is 0 Å². The molecule has 2 aromatic heterocycles. The summed E-state index contributed by atoms with van der Waals surface area (Å²) in [5, 5.41) is 7.48. The molecule has 0 radical (unpaired) electrons. The molecule has 8 heteroatoms. The SMILES string of the molecule is COc1ccc(NC(N)=NCc2ccc(-n3nc(C)cc3C)nc2)cc1OC. The summed E-state index contributed by atoms with van der Waals surface area (Å²) < 4.78 is 12.3. The van der Waals surface area contributed by atoms with Crippen LogP contribution in [0.15, 0.2) is 47.6 Å². The molecule has 28 heavy (non-hydrogen) atoms. The van der Waals surface area contributed by atoms with E-state index in [1.54, 1.807) is 32.5 Å². The highest BCUT2D eigenvalue weighted by Gasteiger charge is 2.06. The molecule has 3 N–H and O–H groups in total. The zero-order valence-electron chi connectivity index (χ0n) is 16.4. The van der Waals surface area contributed by atoms with Crippen LogP contribution in [-0.2, 0) is 6.54 Å². The van der Waals surface area contributed by atoms with Crippen molar-refractivity contribution in [2.45, 2.75) is 20.4 Å². The lowest BCUT2D eigenvalue weighted by Gasteiger charge is -2.11. The van der Waals surface area contributed by atoms with Gasteiger partial charge >= 0.3 is 0 Å². The molecule has 3 aromatic rings. The predicted octanol–water partition coefficient (Wildman–Crippen LogP) is 2.83. The minimum Gasteiger partial charge on any atom is -0.493 e. The monoisotopic (exact) mass is 380 g/mol. The number of nitrogens with two attached hydrogens (primary N) is 1. The fourth-order valence-corrected chi connectivity index (χ4v) is 2.77. The van der Waals surface area contributed by atoms with Gasteiger partial charge in [-0.25, -0.2) is 14.7 Å². The van der Waals surface area contributed by atoms with E-state index in [2.05, 4.69) is 20.4 Å². The number of hydrogen-bond acceptors (Lipinski definition) is 5. The molecule has 0 bridgehead atoms. The summed E-state index contributed by atoms with van der Waals surface area (Å²) in [4.78, 5) is 8.83. The van der Waals surface area contributed by atoms with Crippen molar-refractivity contribution in [3.8, 4) is 17.3 Å². The molecule has 2 heterocycles. The third kappa shape index (κ3) is 4.40. The second-order valence-corrected chi connectivity index (χ2v) is 6.26. The highest BCUT2D eigenvalue weighted by Crippen LogP contribution is 2.29. The number of nitrogens with one attached hydrogen (secondary N) is 1. The molecule has 0 spiro atoms. The molecular weight excluding hydrogens is 356 g/mol. The van der Waals surface area contributed by atoms with Gasteiger partial charge in [-0.05, 0) is 43.7 Å². The molecule has 0 unspecified atom stereocenters. The zero-order valence-corrected chi connectivity index (χ0v) is 16.4. The number of rotatable bonds is 6. The van der Waals surface area contributed by atoms with Gasteiger partial charge in [-0.15, -0.1) is 0 Å². The van der Waals surface area contributed by atoms with Gasteiger partial charge in [0.1, 0.15) is 0 Å². The molecule has 0 saturated heterocycles. The van der Waals surface area contributed by atoms with Crippen molar-refractivity contribution in [3.05, 3.63) is 59.5 Å². The first-order valence-corrected chi connectivity index (χ1v) is 8.77. The maximum absolute atomic E-state index is 5.99. The number of methoxy groups -OCH3 is 2.